The molecule has 210 valence electrons. The molecule has 44 heavy (non-hydrogen) atoms. The molecule has 0 saturated heterocycles. The minimum absolute atomic E-state index is 0.225. The molecular weight excluding hydrogens is 555 g/mol. The van der Waals surface area contributed by atoms with Gasteiger partial charge in [0.25, 0.3) is 0 Å². The van der Waals surface area contributed by atoms with Crippen molar-refractivity contribution in [2.75, 3.05) is 0 Å². The van der Waals surface area contributed by atoms with E-state index < -0.39 is 0 Å². The SMILES string of the molecule is C1=CCC(c2cc(C3=CC=C(c4ccccc4)CC3)nc(-n3c4ccccc4c4c5sc6ccccc6c5ccc43)n2)C=C1. The normalized spacial score (nSPS) is 16.7. The number of aromatic nitrogens is 3. The third-order valence-electron chi connectivity index (χ3n) is 9.10. The van der Waals surface area contributed by atoms with Gasteiger partial charge < -0.3 is 0 Å². The molecule has 1 unspecified atom stereocenters. The Morgan fingerprint density at radius 2 is 1.48 bits per heavy atom. The maximum absolute atomic E-state index is 5.33. The van der Waals surface area contributed by atoms with E-state index in [1.807, 2.05) is 11.3 Å². The van der Waals surface area contributed by atoms with Crippen LogP contribution in [0.4, 0.5) is 0 Å². The summed E-state index contributed by atoms with van der Waals surface area (Å²) in [6.45, 7) is 0. The summed E-state index contributed by atoms with van der Waals surface area (Å²) in [5.74, 6) is 0.966. The summed E-state index contributed by atoms with van der Waals surface area (Å²) in [5.41, 5.74) is 8.30. The Kier molecular flexibility index (Phi) is 5.95. The highest BCUT2D eigenvalue weighted by Gasteiger charge is 2.22. The molecule has 4 aromatic carbocycles. The van der Waals surface area contributed by atoms with Crippen molar-refractivity contribution in [3.05, 3.63) is 150 Å². The van der Waals surface area contributed by atoms with Crippen molar-refractivity contribution < 1.29 is 0 Å². The third-order valence-corrected chi connectivity index (χ3v) is 10.3. The Balaban J connectivity index is 1.28. The maximum Gasteiger partial charge on any atom is 0.235 e. The van der Waals surface area contributed by atoms with Crippen LogP contribution in [0, 0.1) is 0 Å². The van der Waals surface area contributed by atoms with Crippen LogP contribution in [0.1, 0.15) is 42.1 Å². The molecule has 2 aliphatic rings. The largest absolute Gasteiger partial charge is 0.278 e. The molecule has 0 spiro atoms. The third kappa shape index (κ3) is 4.10. The summed E-state index contributed by atoms with van der Waals surface area (Å²) in [6, 6.07) is 34.9. The van der Waals surface area contributed by atoms with Crippen molar-refractivity contribution in [2.45, 2.75) is 25.2 Å². The maximum atomic E-state index is 5.33. The molecule has 0 radical (unpaired) electrons. The van der Waals surface area contributed by atoms with E-state index in [0.29, 0.717) is 0 Å². The second-order valence-corrected chi connectivity index (χ2v) is 12.7. The summed E-state index contributed by atoms with van der Waals surface area (Å²) in [7, 11) is 0. The van der Waals surface area contributed by atoms with Crippen LogP contribution in [-0.4, -0.2) is 14.5 Å². The van der Waals surface area contributed by atoms with E-state index in [1.165, 1.54) is 47.7 Å². The fraction of sp³-hybridized carbons (Fsp3) is 0.100. The van der Waals surface area contributed by atoms with Crippen molar-refractivity contribution in [2.24, 2.45) is 0 Å². The highest BCUT2D eigenvalue weighted by Crippen LogP contribution is 2.43. The second kappa shape index (κ2) is 10.3. The van der Waals surface area contributed by atoms with Gasteiger partial charge in [0.05, 0.1) is 22.4 Å². The Morgan fingerprint density at radius 1 is 0.682 bits per heavy atom. The smallest absolute Gasteiger partial charge is 0.235 e. The highest BCUT2D eigenvalue weighted by atomic mass is 32.1. The standard InChI is InChI=1S/C40H29N3S/c1-3-11-26(12-4-1)27-19-21-29(22-20-27)34-25-33(28-13-5-2-6-14-28)41-40(42-34)43-35-17-9-7-16-32(35)38-36(43)24-23-31-30-15-8-10-18-37(30)44-39(31)38/h1-13,15-19,21,23-25,28H,14,20,22H2. The van der Waals surface area contributed by atoms with Gasteiger partial charge in [-0.25, -0.2) is 9.97 Å². The zero-order valence-corrected chi connectivity index (χ0v) is 25.0. The number of nitrogens with zero attached hydrogens (tertiary/aromatic N) is 3. The van der Waals surface area contributed by atoms with Crippen LogP contribution >= 0.6 is 11.3 Å². The Hall–Kier alpha value is -5.06. The van der Waals surface area contributed by atoms with Crippen molar-refractivity contribution in [3.8, 4) is 5.95 Å². The van der Waals surface area contributed by atoms with Crippen LogP contribution < -0.4 is 0 Å². The van der Waals surface area contributed by atoms with Crippen molar-refractivity contribution in [1.29, 1.82) is 0 Å². The minimum Gasteiger partial charge on any atom is -0.278 e. The van der Waals surface area contributed by atoms with Gasteiger partial charge >= 0.3 is 0 Å². The van der Waals surface area contributed by atoms with Gasteiger partial charge in [-0.3, -0.25) is 4.57 Å². The summed E-state index contributed by atoms with van der Waals surface area (Å²) < 4.78 is 4.93. The topological polar surface area (TPSA) is 30.7 Å². The Bertz CT molecular complexity index is 2360. The van der Waals surface area contributed by atoms with E-state index >= 15 is 0 Å². The lowest BCUT2D eigenvalue weighted by atomic mass is 9.90. The Labute approximate surface area is 259 Å². The van der Waals surface area contributed by atoms with Gasteiger partial charge in [-0.05, 0) is 60.2 Å². The predicted molar refractivity (Wildman–Crippen MR) is 187 cm³/mol. The van der Waals surface area contributed by atoms with Crippen molar-refractivity contribution >= 4 is 64.5 Å². The number of hydrogen-bond acceptors (Lipinski definition) is 3. The lowest BCUT2D eigenvalue weighted by molar-refractivity contribution is 0.792. The molecular formula is C40H29N3S. The van der Waals surface area contributed by atoms with Crippen LogP contribution in [0.15, 0.2) is 134 Å². The fourth-order valence-corrected chi connectivity index (χ4v) is 8.16. The summed E-state index contributed by atoms with van der Waals surface area (Å²) in [4.78, 5) is 10.6. The second-order valence-electron chi connectivity index (χ2n) is 11.7. The molecule has 7 aromatic rings. The van der Waals surface area contributed by atoms with E-state index in [2.05, 4.69) is 138 Å². The lowest BCUT2D eigenvalue weighted by Gasteiger charge is -2.19. The molecule has 0 bridgehead atoms. The van der Waals surface area contributed by atoms with Gasteiger partial charge in [-0.2, -0.15) is 0 Å². The molecule has 2 aliphatic carbocycles. The van der Waals surface area contributed by atoms with E-state index in [0.717, 1.165) is 47.6 Å². The minimum atomic E-state index is 0.225. The molecule has 3 heterocycles. The number of hydrogen-bond donors (Lipinski definition) is 0. The molecule has 0 aliphatic heterocycles. The zero-order chi connectivity index (χ0) is 29.0. The number of benzene rings is 4. The molecule has 9 rings (SSSR count). The number of para-hydroxylation sites is 1. The molecule has 0 saturated carbocycles. The first-order valence-electron chi connectivity index (χ1n) is 15.3. The van der Waals surface area contributed by atoms with Gasteiger partial charge in [0.15, 0.2) is 0 Å². The van der Waals surface area contributed by atoms with Crippen LogP contribution in [0.3, 0.4) is 0 Å². The van der Waals surface area contributed by atoms with E-state index in [4.69, 9.17) is 9.97 Å². The van der Waals surface area contributed by atoms with Gasteiger partial charge in [-0.1, -0.05) is 109 Å². The highest BCUT2D eigenvalue weighted by molar-refractivity contribution is 7.26. The Morgan fingerprint density at radius 3 is 2.32 bits per heavy atom. The molecule has 1 atom stereocenters. The first kappa shape index (κ1) is 25.4. The average molecular weight is 584 g/mol. The summed E-state index contributed by atoms with van der Waals surface area (Å²) >= 11 is 1.88. The molecule has 3 aromatic heterocycles. The number of fused-ring (bicyclic) bond motifs is 7. The van der Waals surface area contributed by atoms with E-state index in [-0.39, 0.29) is 5.92 Å². The van der Waals surface area contributed by atoms with Crippen LogP contribution in [0.25, 0.3) is 59.1 Å². The van der Waals surface area contributed by atoms with Crippen molar-refractivity contribution in [1.82, 2.24) is 14.5 Å². The molecule has 4 heteroatoms. The molecule has 0 fully saturated rings. The van der Waals surface area contributed by atoms with E-state index in [1.54, 1.807) is 0 Å². The van der Waals surface area contributed by atoms with Gasteiger partial charge in [-0.15, -0.1) is 11.3 Å². The average Bonchev–Trinajstić information content (AvgIpc) is 3.65. The fourth-order valence-electron chi connectivity index (χ4n) is 6.90. The monoisotopic (exact) mass is 583 g/mol. The number of allylic oxidation sites excluding steroid dienone is 8. The summed E-state index contributed by atoms with van der Waals surface area (Å²) in [6.07, 6.45) is 16.2. The zero-order valence-electron chi connectivity index (χ0n) is 24.2. The predicted octanol–water partition coefficient (Wildman–Crippen LogP) is 10.8. The molecule has 3 nitrogen and oxygen atoms in total. The van der Waals surface area contributed by atoms with Crippen LogP contribution in [0.2, 0.25) is 0 Å². The van der Waals surface area contributed by atoms with Gasteiger partial charge in [0.1, 0.15) is 0 Å². The molecule has 0 N–H and O–H groups in total. The first-order chi connectivity index (χ1) is 21.8. The molecule has 0 amide bonds. The van der Waals surface area contributed by atoms with Gasteiger partial charge in [0.2, 0.25) is 5.95 Å². The quantitative estimate of drug-likeness (QED) is 0.206. The van der Waals surface area contributed by atoms with Crippen LogP contribution in [0.5, 0.6) is 0 Å². The van der Waals surface area contributed by atoms with Gasteiger partial charge in [0, 0.05) is 36.9 Å². The lowest BCUT2D eigenvalue weighted by Crippen LogP contribution is -2.10. The number of rotatable bonds is 4. The van der Waals surface area contributed by atoms with Crippen LogP contribution in [-0.2, 0) is 0 Å². The first-order valence-corrected chi connectivity index (χ1v) is 16.1. The summed E-state index contributed by atoms with van der Waals surface area (Å²) in [5, 5.41) is 5.14. The van der Waals surface area contributed by atoms with E-state index in [9.17, 15) is 0 Å². The number of thiophene rings is 1. The van der Waals surface area contributed by atoms with Crippen molar-refractivity contribution in [3.63, 3.8) is 0 Å².